The first kappa shape index (κ1) is 16.7. The van der Waals surface area contributed by atoms with Crippen LogP contribution in [0.25, 0.3) is 6.08 Å². The molecule has 1 amide bonds. The van der Waals surface area contributed by atoms with Crippen LogP contribution in [-0.2, 0) is 24.2 Å². The van der Waals surface area contributed by atoms with Gasteiger partial charge in [-0.2, -0.15) is 0 Å². The van der Waals surface area contributed by atoms with Gasteiger partial charge >= 0.3 is 5.97 Å². The molecule has 6 nitrogen and oxygen atoms in total. The molecule has 3 rings (SSSR count). The van der Waals surface area contributed by atoms with E-state index in [0.29, 0.717) is 12.3 Å². The van der Waals surface area contributed by atoms with Gasteiger partial charge in [-0.1, -0.05) is 12.1 Å². The number of benzene rings is 1. The molecule has 7 heteroatoms. The monoisotopic (exact) mass is 349 g/mol. The van der Waals surface area contributed by atoms with Crippen molar-refractivity contribution in [2.24, 2.45) is 5.92 Å². The second kappa shape index (κ2) is 6.39. The van der Waals surface area contributed by atoms with Crippen molar-refractivity contribution in [1.82, 2.24) is 0 Å². The molecular weight excluding hydrogens is 330 g/mol. The average molecular weight is 349 g/mol. The second-order valence-electron chi connectivity index (χ2n) is 6.05. The smallest absolute Gasteiger partial charge is 0.330 e. The molecule has 2 aliphatic heterocycles. The van der Waals surface area contributed by atoms with Crippen LogP contribution in [0.1, 0.15) is 18.9 Å². The minimum absolute atomic E-state index is 0.0327. The lowest BCUT2D eigenvalue weighted by molar-refractivity contribution is -0.137. The summed E-state index contributed by atoms with van der Waals surface area (Å²) in [6.45, 7) is 2.06. The Balaban J connectivity index is 1.76. The molecule has 1 aromatic carbocycles. The Labute approximate surface area is 141 Å². The van der Waals surface area contributed by atoms with E-state index in [1.54, 1.807) is 42.2 Å². The van der Waals surface area contributed by atoms with Crippen LogP contribution >= 0.6 is 0 Å². The first-order valence-corrected chi connectivity index (χ1v) is 9.69. The second-order valence-corrected chi connectivity index (χ2v) is 8.20. The number of nitrogens with zero attached hydrogens (tertiary/aromatic N) is 1. The van der Waals surface area contributed by atoms with Crippen molar-refractivity contribution < 1.29 is 22.7 Å². The van der Waals surface area contributed by atoms with Gasteiger partial charge in [-0.15, -0.1) is 0 Å². The number of carbonyl (C=O) groups is 2. The number of amides is 1. The van der Waals surface area contributed by atoms with E-state index in [4.69, 9.17) is 4.74 Å². The molecule has 0 saturated carbocycles. The molecule has 1 aromatic rings. The van der Waals surface area contributed by atoms with Crippen LogP contribution in [0.15, 0.2) is 30.3 Å². The fourth-order valence-electron chi connectivity index (χ4n) is 3.33. The van der Waals surface area contributed by atoms with Crippen molar-refractivity contribution in [3.05, 3.63) is 35.9 Å². The van der Waals surface area contributed by atoms with Gasteiger partial charge in [-0.3, -0.25) is 4.79 Å². The number of anilines is 1. The predicted octanol–water partition coefficient (Wildman–Crippen LogP) is 1.41. The summed E-state index contributed by atoms with van der Waals surface area (Å²) in [5, 5.41) is 0. The largest absolute Gasteiger partial charge is 0.463 e. The van der Waals surface area contributed by atoms with Crippen molar-refractivity contribution in [2.45, 2.75) is 19.4 Å². The fraction of sp³-hybridized carbons (Fsp3) is 0.412. The van der Waals surface area contributed by atoms with E-state index in [0.717, 1.165) is 5.56 Å². The third kappa shape index (κ3) is 3.36. The highest BCUT2D eigenvalue weighted by molar-refractivity contribution is 7.91. The SMILES string of the molecule is CCOC(=O)C=Cc1ccc(N2C(=O)CC3CS(=O)(=O)CC32)cc1. The van der Waals surface area contributed by atoms with E-state index in [1.807, 2.05) is 0 Å². The Morgan fingerprint density at radius 1 is 1.29 bits per heavy atom. The first-order valence-electron chi connectivity index (χ1n) is 7.87. The highest BCUT2D eigenvalue weighted by Gasteiger charge is 2.49. The third-order valence-corrected chi connectivity index (χ3v) is 6.13. The minimum Gasteiger partial charge on any atom is -0.463 e. The molecule has 2 atom stereocenters. The van der Waals surface area contributed by atoms with Gasteiger partial charge in [0, 0.05) is 24.1 Å². The van der Waals surface area contributed by atoms with E-state index in [1.165, 1.54) is 6.08 Å². The zero-order chi connectivity index (χ0) is 17.3. The zero-order valence-electron chi connectivity index (χ0n) is 13.3. The van der Waals surface area contributed by atoms with E-state index in [-0.39, 0.29) is 35.8 Å². The summed E-state index contributed by atoms with van der Waals surface area (Å²) in [5.74, 6) is -0.412. The van der Waals surface area contributed by atoms with E-state index in [9.17, 15) is 18.0 Å². The van der Waals surface area contributed by atoms with Crippen molar-refractivity contribution in [3.8, 4) is 0 Å². The fourth-order valence-corrected chi connectivity index (χ4v) is 5.40. The summed E-state index contributed by atoms with van der Waals surface area (Å²) < 4.78 is 28.4. The van der Waals surface area contributed by atoms with Crippen molar-refractivity contribution in [2.75, 3.05) is 23.0 Å². The average Bonchev–Trinajstić information content (AvgIpc) is 2.96. The van der Waals surface area contributed by atoms with Crippen LogP contribution in [-0.4, -0.2) is 44.4 Å². The molecule has 0 aliphatic carbocycles. The Hall–Kier alpha value is -2.15. The highest BCUT2D eigenvalue weighted by atomic mass is 32.2. The van der Waals surface area contributed by atoms with Gasteiger partial charge in [0.1, 0.15) is 0 Å². The Morgan fingerprint density at radius 3 is 2.67 bits per heavy atom. The van der Waals surface area contributed by atoms with Gasteiger partial charge in [0.15, 0.2) is 9.84 Å². The zero-order valence-corrected chi connectivity index (χ0v) is 14.2. The summed E-state index contributed by atoms with van der Waals surface area (Å²) in [5.41, 5.74) is 1.49. The molecule has 0 aromatic heterocycles. The maximum atomic E-state index is 12.2. The van der Waals surface area contributed by atoms with Crippen LogP contribution in [0.2, 0.25) is 0 Å². The molecule has 2 fully saturated rings. The van der Waals surface area contributed by atoms with Gasteiger partial charge < -0.3 is 9.64 Å². The van der Waals surface area contributed by atoms with Crippen LogP contribution in [0.5, 0.6) is 0 Å². The topological polar surface area (TPSA) is 80.8 Å². The number of hydrogen-bond acceptors (Lipinski definition) is 5. The van der Waals surface area contributed by atoms with Crippen molar-refractivity contribution in [1.29, 1.82) is 0 Å². The van der Waals surface area contributed by atoms with Gasteiger partial charge in [0.2, 0.25) is 5.91 Å². The molecular formula is C17H19NO5S. The van der Waals surface area contributed by atoms with E-state index < -0.39 is 15.8 Å². The number of esters is 1. The first-order chi connectivity index (χ1) is 11.4. The predicted molar refractivity (Wildman–Crippen MR) is 90.1 cm³/mol. The molecule has 2 aliphatic rings. The molecule has 0 bridgehead atoms. The summed E-state index contributed by atoms with van der Waals surface area (Å²) in [4.78, 5) is 25.1. The summed E-state index contributed by atoms with van der Waals surface area (Å²) in [6, 6.07) is 6.86. The Morgan fingerprint density at radius 2 is 2.00 bits per heavy atom. The lowest BCUT2D eigenvalue weighted by Crippen LogP contribution is -2.36. The van der Waals surface area contributed by atoms with E-state index >= 15 is 0 Å². The lowest BCUT2D eigenvalue weighted by Gasteiger charge is -2.23. The number of sulfone groups is 1. The molecule has 2 saturated heterocycles. The Kier molecular flexibility index (Phi) is 4.45. The normalized spacial score (nSPS) is 25.2. The van der Waals surface area contributed by atoms with Crippen molar-refractivity contribution >= 4 is 33.5 Å². The number of hydrogen-bond donors (Lipinski definition) is 0. The molecule has 24 heavy (non-hydrogen) atoms. The third-order valence-electron chi connectivity index (χ3n) is 4.34. The van der Waals surface area contributed by atoms with Gasteiger partial charge in [0.25, 0.3) is 0 Å². The minimum atomic E-state index is -3.06. The molecule has 0 radical (unpaired) electrons. The van der Waals surface area contributed by atoms with Crippen LogP contribution in [0.3, 0.4) is 0 Å². The summed E-state index contributed by atoms with van der Waals surface area (Å²) in [7, 11) is -3.06. The Bertz CT molecular complexity index is 782. The van der Waals surface area contributed by atoms with Gasteiger partial charge in [-0.25, -0.2) is 13.2 Å². The maximum absolute atomic E-state index is 12.2. The van der Waals surface area contributed by atoms with Crippen LogP contribution in [0, 0.1) is 5.92 Å². The van der Waals surface area contributed by atoms with E-state index in [2.05, 4.69) is 0 Å². The van der Waals surface area contributed by atoms with Crippen LogP contribution < -0.4 is 4.90 Å². The molecule has 2 unspecified atom stereocenters. The van der Waals surface area contributed by atoms with Gasteiger partial charge in [-0.05, 0) is 30.7 Å². The highest BCUT2D eigenvalue weighted by Crippen LogP contribution is 2.37. The van der Waals surface area contributed by atoms with Gasteiger partial charge in [0.05, 0.1) is 24.2 Å². The maximum Gasteiger partial charge on any atom is 0.330 e. The van der Waals surface area contributed by atoms with Crippen LogP contribution in [0.4, 0.5) is 5.69 Å². The van der Waals surface area contributed by atoms with Crippen molar-refractivity contribution in [3.63, 3.8) is 0 Å². The number of ether oxygens (including phenoxy) is 1. The summed E-state index contributed by atoms with van der Waals surface area (Å²) >= 11 is 0. The lowest BCUT2D eigenvalue weighted by atomic mass is 10.0. The standard InChI is InChI=1S/C17H19NO5S/c1-2-23-17(20)8-5-12-3-6-14(7-4-12)18-15-11-24(21,22)10-13(15)9-16(18)19/h3-8,13,15H,2,9-11H2,1H3. The molecule has 0 spiro atoms. The number of carbonyl (C=O) groups excluding carboxylic acids is 2. The number of fused-ring (bicyclic) bond motifs is 1. The summed E-state index contributed by atoms with van der Waals surface area (Å²) in [6.07, 6.45) is 3.27. The quantitative estimate of drug-likeness (QED) is 0.606. The molecule has 0 N–H and O–H groups in total. The molecule has 128 valence electrons. The molecule has 2 heterocycles. The number of rotatable bonds is 4.